The maximum absolute atomic E-state index is 12.8. The van der Waals surface area contributed by atoms with Gasteiger partial charge in [-0.05, 0) is 35.7 Å². The number of amides is 1. The summed E-state index contributed by atoms with van der Waals surface area (Å²) in [6.45, 7) is -0.0841. The van der Waals surface area contributed by atoms with Crippen LogP contribution in [0.3, 0.4) is 0 Å². The molecule has 7 nitrogen and oxygen atoms in total. The third kappa shape index (κ3) is 4.58. The molecule has 1 aromatic heterocycles. The van der Waals surface area contributed by atoms with E-state index in [1.807, 2.05) is 12.1 Å². The lowest BCUT2D eigenvalue weighted by atomic mass is 10.0. The smallest absolute Gasteiger partial charge is 0.449 e. The monoisotopic (exact) mass is 448 g/mol. The highest BCUT2D eigenvalue weighted by Gasteiger charge is 2.16. The lowest BCUT2D eigenvalue weighted by molar-refractivity contribution is -0.129. The van der Waals surface area contributed by atoms with E-state index in [9.17, 15) is 14.4 Å². The second kappa shape index (κ2) is 8.77. The molecule has 0 spiro atoms. The summed E-state index contributed by atoms with van der Waals surface area (Å²) in [4.78, 5) is 37.4. The highest BCUT2D eigenvalue weighted by Crippen LogP contribution is 2.28. The zero-order chi connectivity index (χ0) is 22.0. The predicted octanol–water partition coefficient (Wildman–Crippen LogP) is 4.04. The van der Waals surface area contributed by atoms with Crippen LogP contribution in [0.5, 0.6) is 5.75 Å². The Kier molecular flexibility index (Phi) is 6.34. The molecule has 0 unspecified atom stereocenters. The van der Waals surface area contributed by atoms with Gasteiger partial charge in [0.25, 0.3) is 0 Å². The number of ether oxygens (including phenoxy) is 1. The molecule has 0 aliphatic rings. The Morgan fingerprint density at radius 1 is 1.17 bits per heavy atom. The van der Waals surface area contributed by atoms with Gasteiger partial charge < -0.3 is 19.3 Å². The van der Waals surface area contributed by atoms with Gasteiger partial charge in [0, 0.05) is 19.5 Å². The molecule has 3 aromatic rings. The van der Waals surface area contributed by atoms with E-state index in [-0.39, 0.29) is 23.6 Å². The van der Waals surface area contributed by atoms with E-state index in [1.54, 1.807) is 38.4 Å². The molecule has 0 saturated heterocycles. The topological polar surface area (TPSA) is 88.8 Å². The van der Waals surface area contributed by atoms with Crippen LogP contribution in [0.15, 0.2) is 47.4 Å². The van der Waals surface area contributed by atoms with Crippen molar-refractivity contribution in [2.45, 2.75) is 13.0 Å². The van der Waals surface area contributed by atoms with Crippen molar-refractivity contribution in [1.82, 2.24) is 9.47 Å². The summed E-state index contributed by atoms with van der Waals surface area (Å²) in [5.41, 5.74) is 1.44. The molecule has 0 bridgehead atoms. The van der Waals surface area contributed by atoms with Crippen LogP contribution in [-0.4, -0.2) is 40.7 Å². The van der Waals surface area contributed by atoms with Crippen LogP contribution in [0.25, 0.3) is 10.9 Å². The fraction of sp³-hybridized carbons (Fsp3) is 0.190. The Morgan fingerprint density at radius 2 is 1.90 bits per heavy atom. The van der Waals surface area contributed by atoms with Gasteiger partial charge in [-0.25, -0.2) is 4.79 Å². The first-order valence-electron chi connectivity index (χ1n) is 8.87. The van der Waals surface area contributed by atoms with E-state index >= 15 is 0 Å². The molecule has 0 atom stereocenters. The highest BCUT2D eigenvalue weighted by molar-refractivity contribution is 6.42. The third-order valence-electron chi connectivity index (χ3n) is 4.54. The number of rotatable bonds is 5. The number of carbonyl (C=O) groups excluding carboxylic acids is 1. The molecular weight excluding hydrogens is 431 g/mol. The first kappa shape index (κ1) is 21.7. The zero-order valence-electron chi connectivity index (χ0n) is 16.2. The molecule has 0 radical (unpaired) electrons. The standard InChI is InChI=1S/C21H18Cl2N2O5/c1-24(2)18(26)11-25-10-17(30-21(28)29)20(27)14-9-12(6-7-16(14)25)8-13-4-3-5-15(22)19(13)23/h3-7,9-10H,8,11H2,1-2H3,(H,28,29). The van der Waals surface area contributed by atoms with Crippen molar-refractivity contribution in [1.29, 1.82) is 0 Å². The highest BCUT2D eigenvalue weighted by atomic mass is 35.5. The summed E-state index contributed by atoms with van der Waals surface area (Å²) in [6.07, 6.45) is 0.0298. The van der Waals surface area contributed by atoms with Crippen LogP contribution < -0.4 is 10.2 Å². The predicted molar refractivity (Wildman–Crippen MR) is 115 cm³/mol. The molecule has 0 fully saturated rings. The second-order valence-electron chi connectivity index (χ2n) is 6.85. The van der Waals surface area contributed by atoms with Crippen LogP contribution in [-0.2, 0) is 17.8 Å². The number of aromatic nitrogens is 1. The van der Waals surface area contributed by atoms with E-state index in [2.05, 4.69) is 4.74 Å². The molecule has 2 aromatic carbocycles. The van der Waals surface area contributed by atoms with Gasteiger partial charge in [0.15, 0.2) is 5.75 Å². The Morgan fingerprint density at radius 3 is 2.57 bits per heavy atom. The van der Waals surface area contributed by atoms with E-state index < -0.39 is 11.6 Å². The summed E-state index contributed by atoms with van der Waals surface area (Å²) in [5.74, 6) is -0.601. The Labute approximate surface area is 182 Å². The third-order valence-corrected chi connectivity index (χ3v) is 5.40. The lowest BCUT2D eigenvalue weighted by Crippen LogP contribution is -2.27. The van der Waals surface area contributed by atoms with Gasteiger partial charge in [-0.2, -0.15) is 0 Å². The number of nitrogens with zero attached hydrogens (tertiary/aromatic N) is 2. The normalized spacial score (nSPS) is 10.8. The minimum absolute atomic E-state index is 0.0841. The quantitative estimate of drug-likeness (QED) is 0.594. The van der Waals surface area contributed by atoms with Gasteiger partial charge >= 0.3 is 6.16 Å². The Hall–Kier alpha value is -3.03. The number of benzene rings is 2. The molecule has 1 N–H and O–H groups in total. The van der Waals surface area contributed by atoms with E-state index in [0.29, 0.717) is 22.0 Å². The average molecular weight is 449 g/mol. The molecule has 1 amide bonds. The van der Waals surface area contributed by atoms with E-state index in [0.717, 1.165) is 11.1 Å². The van der Waals surface area contributed by atoms with Crippen molar-refractivity contribution in [2.24, 2.45) is 0 Å². The summed E-state index contributed by atoms with van der Waals surface area (Å²) in [6, 6.07) is 10.5. The van der Waals surface area contributed by atoms with Gasteiger partial charge in [0.2, 0.25) is 11.3 Å². The van der Waals surface area contributed by atoms with E-state index in [1.165, 1.54) is 15.7 Å². The number of carbonyl (C=O) groups is 2. The number of fused-ring (bicyclic) bond motifs is 1. The van der Waals surface area contributed by atoms with Crippen molar-refractivity contribution < 1.29 is 19.4 Å². The second-order valence-corrected chi connectivity index (χ2v) is 7.63. The van der Waals surface area contributed by atoms with Crippen LogP contribution >= 0.6 is 23.2 Å². The summed E-state index contributed by atoms with van der Waals surface area (Å²) < 4.78 is 6.14. The first-order valence-corrected chi connectivity index (χ1v) is 9.63. The van der Waals surface area contributed by atoms with Crippen molar-refractivity contribution in [3.8, 4) is 5.75 Å². The fourth-order valence-electron chi connectivity index (χ4n) is 3.02. The largest absolute Gasteiger partial charge is 0.511 e. The summed E-state index contributed by atoms with van der Waals surface area (Å²) in [7, 11) is 3.21. The fourth-order valence-corrected chi connectivity index (χ4v) is 3.40. The van der Waals surface area contributed by atoms with Gasteiger partial charge in [0.1, 0.15) is 6.54 Å². The molecule has 30 heavy (non-hydrogen) atoms. The Balaban J connectivity index is 2.13. The molecule has 0 saturated carbocycles. The molecule has 0 aliphatic carbocycles. The molecule has 156 valence electrons. The number of pyridine rings is 1. The minimum Gasteiger partial charge on any atom is -0.449 e. The maximum atomic E-state index is 12.8. The number of carboxylic acid groups (broad SMARTS) is 1. The van der Waals surface area contributed by atoms with Crippen LogP contribution in [0.1, 0.15) is 11.1 Å². The Bertz CT molecular complexity index is 1200. The number of hydrogen-bond donors (Lipinski definition) is 1. The number of likely N-dealkylation sites (N-methyl/N-ethyl adjacent to an activating group) is 1. The van der Waals surface area contributed by atoms with Crippen molar-refractivity contribution in [3.63, 3.8) is 0 Å². The average Bonchev–Trinajstić information content (AvgIpc) is 2.68. The van der Waals surface area contributed by atoms with Crippen LogP contribution in [0.2, 0.25) is 10.0 Å². The molecular formula is C21H18Cl2N2O5. The van der Waals surface area contributed by atoms with Crippen molar-refractivity contribution >= 4 is 46.2 Å². The maximum Gasteiger partial charge on any atom is 0.511 e. The van der Waals surface area contributed by atoms with Crippen LogP contribution in [0, 0.1) is 0 Å². The first-order chi connectivity index (χ1) is 14.2. The number of hydrogen-bond acceptors (Lipinski definition) is 4. The van der Waals surface area contributed by atoms with Gasteiger partial charge in [-0.3, -0.25) is 9.59 Å². The minimum atomic E-state index is -1.61. The van der Waals surface area contributed by atoms with Gasteiger partial charge in [-0.15, -0.1) is 0 Å². The van der Waals surface area contributed by atoms with Crippen LogP contribution in [0.4, 0.5) is 4.79 Å². The van der Waals surface area contributed by atoms with Gasteiger partial charge in [-0.1, -0.05) is 41.4 Å². The summed E-state index contributed by atoms with van der Waals surface area (Å²) >= 11 is 12.3. The number of halogens is 2. The molecule has 3 rings (SSSR count). The van der Waals surface area contributed by atoms with Crippen molar-refractivity contribution in [3.05, 3.63) is 74.0 Å². The molecule has 9 heteroatoms. The van der Waals surface area contributed by atoms with E-state index in [4.69, 9.17) is 28.3 Å². The van der Waals surface area contributed by atoms with Gasteiger partial charge in [0.05, 0.1) is 21.8 Å². The SMILES string of the molecule is CN(C)C(=O)Cn1cc(OC(=O)O)c(=O)c2cc(Cc3cccc(Cl)c3Cl)ccc21. The zero-order valence-corrected chi connectivity index (χ0v) is 17.7. The summed E-state index contributed by atoms with van der Waals surface area (Å²) in [5, 5.41) is 10.0. The van der Waals surface area contributed by atoms with Crippen molar-refractivity contribution in [2.75, 3.05) is 14.1 Å². The lowest BCUT2D eigenvalue weighted by Gasteiger charge is -2.16. The molecule has 0 aliphatic heterocycles. The molecule has 1 heterocycles.